The van der Waals surface area contributed by atoms with Gasteiger partial charge in [0.2, 0.25) is 5.91 Å². The smallest absolute Gasteiger partial charge is 0.294 e. The van der Waals surface area contributed by atoms with E-state index in [9.17, 15) is 18.8 Å². The van der Waals surface area contributed by atoms with Crippen molar-refractivity contribution < 1.29 is 28.2 Å². The number of benzene rings is 3. The Labute approximate surface area is 232 Å². The number of carbonyl (C=O) groups excluding carboxylic acids is 3. The van der Waals surface area contributed by atoms with Crippen LogP contribution < -0.4 is 14.8 Å². The average Bonchev–Trinajstić information content (AvgIpc) is 3.12. The van der Waals surface area contributed by atoms with E-state index in [2.05, 4.69) is 21.2 Å². The van der Waals surface area contributed by atoms with Crippen molar-refractivity contribution in [1.29, 1.82) is 0 Å². The van der Waals surface area contributed by atoms with Crippen molar-refractivity contribution >= 4 is 56.5 Å². The van der Waals surface area contributed by atoms with Crippen molar-refractivity contribution in [3.05, 3.63) is 92.5 Å². The third-order valence-corrected chi connectivity index (χ3v) is 6.89. The maximum absolute atomic E-state index is 13.1. The molecule has 0 spiro atoms. The minimum absolute atomic E-state index is 0.173. The fourth-order valence-corrected chi connectivity index (χ4v) is 5.11. The van der Waals surface area contributed by atoms with E-state index in [-0.39, 0.29) is 4.91 Å². The van der Waals surface area contributed by atoms with Crippen molar-refractivity contribution in [2.24, 2.45) is 0 Å². The predicted molar refractivity (Wildman–Crippen MR) is 149 cm³/mol. The number of anilines is 1. The molecule has 10 heteroatoms. The molecule has 0 aromatic heterocycles. The van der Waals surface area contributed by atoms with Crippen LogP contribution in [0.4, 0.5) is 14.9 Å². The lowest BCUT2D eigenvalue weighted by Crippen LogP contribution is -2.36. The van der Waals surface area contributed by atoms with Crippen molar-refractivity contribution in [3.8, 4) is 11.5 Å². The molecule has 1 aliphatic rings. The maximum Gasteiger partial charge on any atom is 0.294 e. The minimum atomic E-state index is -0.580. The summed E-state index contributed by atoms with van der Waals surface area (Å²) in [5, 5.41) is 1.99. The van der Waals surface area contributed by atoms with Gasteiger partial charge in [-0.1, -0.05) is 29.8 Å². The summed E-state index contributed by atoms with van der Waals surface area (Å²) in [5.41, 5.74) is 3.12. The highest BCUT2D eigenvalue weighted by molar-refractivity contribution is 9.10. The molecule has 7 nitrogen and oxygen atoms in total. The van der Waals surface area contributed by atoms with Gasteiger partial charge in [-0.15, -0.1) is 0 Å². The van der Waals surface area contributed by atoms with Crippen LogP contribution >= 0.6 is 27.7 Å². The molecule has 4 rings (SSSR count). The van der Waals surface area contributed by atoms with Crippen LogP contribution in [0.15, 0.2) is 70.0 Å². The molecule has 0 aliphatic carbocycles. The standard InChI is InChI=1S/C28H24BrFN2O5S/c1-3-36-23-13-19(12-22(29)26(23)37-16-18-6-4-5-17(2)11-18)14-24-27(34)32(28(35)38-24)15-25(33)31-21-9-7-20(30)8-10-21/h4-14H,3,15-16H2,1-2H3,(H,31,33)/b24-14-. The molecule has 38 heavy (non-hydrogen) atoms. The second kappa shape index (κ2) is 12.3. The summed E-state index contributed by atoms with van der Waals surface area (Å²) in [6, 6.07) is 16.7. The van der Waals surface area contributed by atoms with E-state index in [1.165, 1.54) is 24.3 Å². The van der Waals surface area contributed by atoms with E-state index in [1.807, 2.05) is 38.1 Å². The molecule has 3 aromatic rings. The Bertz CT molecular complexity index is 1410. The number of aryl methyl sites for hydroxylation is 1. The molecule has 1 fully saturated rings. The van der Waals surface area contributed by atoms with Gasteiger partial charge in [0.15, 0.2) is 11.5 Å². The van der Waals surface area contributed by atoms with E-state index in [0.29, 0.717) is 40.4 Å². The van der Waals surface area contributed by atoms with Crippen molar-refractivity contribution in [3.63, 3.8) is 0 Å². The Morgan fingerprint density at radius 1 is 1.11 bits per heavy atom. The number of thioether (sulfide) groups is 1. The maximum atomic E-state index is 13.1. The first-order valence-electron chi connectivity index (χ1n) is 11.7. The van der Waals surface area contributed by atoms with Gasteiger partial charge in [-0.05, 0) is 95.1 Å². The van der Waals surface area contributed by atoms with Crippen LogP contribution in [-0.4, -0.2) is 35.1 Å². The van der Waals surface area contributed by atoms with Gasteiger partial charge in [0, 0.05) is 5.69 Å². The fourth-order valence-electron chi connectivity index (χ4n) is 3.70. The summed E-state index contributed by atoms with van der Waals surface area (Å²) < 4.78 is 25.5. The zero-order valence-electron chi connectivity index (χ0n) is 20.6. The van der Waals surface area contributed by atoms with Crippen LogP contribution in [0.3, 0.4) is 0 Å². The normalized spacial score (nSPS) is 14.2. The fraction of sp³-hybridized carbons (Fsp3) is 0.179. The Balaban J connectivity index is 1.48. The van der Waals surface area contributed by atoms with E-state index in [1.54, 1.807) is 18.2 Å². The Morgan fingerprint density at radius 3 is 2.58 bits per heavy atom. The van der Waals surface area contributed by atoms with Crippen molar-refractivity contribution in [1.82, 2.24) is 4.90 Å². The van der Waals surface area contributed by atoms with Gasteiger partial charge in [0.25, 0.3) is 11.1 Å². The topological polar surface area (TPSA) is 84.9 Å². The summed E-state index contributed by atoms with van der Waals surface area (Å²) >= 11 is 4.28. The minimum Gasteiger partial charge on any atom is -0.490 e. The molecule has 0 atom stereocenters. The molecule has 0 unspecified atom stereocenters. The molecular weight excluding hydrogens is 575 g/mol. The first kappa shape index (κ1) is 27.4. The zero-order valence-corrected chi connectivity index (χ0v) is 23.0. The second-order valence-corrected chi connectivity index (χ2v) is 10.2. The first-order chi connectivity index (χ1) is 18.2. The lowest BCUT2D eigenvalue weighted by Gasteiger charge is -2.15. The number of rotatable bonds is 9. The van der Waals surface area contributed by atoms with E-state index < -0.39 is 29.4 Å². The van der Waals surface area contributed by atoms with Gasteiger partial charge in [-0.2, -0.15) is 0 Å². The largest absolute Gasteiger partial charge is 0.490 e. The molecule has 0 radical (unpaired) electrons. The summed E-state index contributed by atoms with van der Waals surface area (Å²) in [4.78, 5) is 38.8. The number of carbonyl (C=O) groups is 3. The van der Waals surface area contributed by atoms with E-state index in [4.69, 9.17) is 9.47 Å². The molecule has 3 aromatic carbocycles. The number of hydrogen-bond donors (Lipinski definition) is 1. The number of ether oxygens (including phenoxy) is 2. The van der Waals surface area contributed by atoms with Gasteiger partial charge in [0.05, 0.1) is 16.0 Å². The highest BCUT2D eigenvalue weighted by atomic mass is 79.9. The highest BCUT2D eigenvalue weighted by Crippen LogP contribution is 2.39. The lowest BCUT2D eigenvalue weighted by molar-refractivity contribution is -0.127. The first-order valence-corrected chi connectivity index (χ1v) is 13.3. The number of hydrogen-bond acceptors (Lipinski definition) is 6. The van der Waals surface area contributed by atoms with Crippen LogP contribution in [0.1, 0.15) is 23.6 Å². The van der Waals surface area contributed by atoms with Gasteiger partial charge in [-0.25, -0.2) is 4.39 Å². The number of nitrogens with one attached hydrogen (secondary N) is 1. The third kappa shape index (κ3) is 6.81. The number of nitrogens with zero attached hydrogens (tertiary/aromatic N) is 1. The molecular formula is C28H24BrFN2O5S. The van der Waals surface area contributed by atoms with Crippen LogP contribution in [0, 0.1) is 12.7 Å². The number of imide groups is 1. The summed E-state index contributed by atoms with van der Waals surface area (Å²) in [6.45, 7) is 4.15. The van der Waals surface area contributed by atoms with Gasteiger partial charge < -0.3 is 14.8 Å². The highest BCUT2D eigenvalue weighted by Gasteiger charge is 2.36. The molecule has 1 N–H and O–H groups in total. The number of amides is 3. The van der Waals surface area contributed by atoms with Crippen molar-refractivity contribution in [2.75, 3.05) is 18.5 Å². The van der Waals surface area contributed by atoms with Crippen molar-refractivity contribution in [2.45, 2.75) is 20.5 Å². The molecule has 1 saturated heterocycles. The average molecular weight is 599 g/mol. The summed E-state index contributed by atoms with van der Waals surface area (Å²) in [7, 11) is 0. The second-order valence-electron chi connectivity index (χ2n) is 8.36. The summed E-state index contributed by atoms with van der Waals surface area (Å²) in [5.74, 6) is -0.585. The molecule has 1 aliphatic heterocycles. The van der Waals surface area contributed by atoms with Crippen LogP contribution in [0.25, 0.3) is 6.08 Å². The lowest BCUT2D eigenvalue weighted by atomic mass is 10.1. The monoisotopic (exact) mass is 598 g/mol. The zero-order chi connectivity index (χ0) is 27.2. The van der Waals surface area contributed by atoms with Crippen LogP contribution in [0.5, 0.6) is 11.5 Å². The molecule has 1 heterocycles. The predicted octanol–water partition coefficient (Wildman–Crippen LogP) is 6.55. The summed E-state index contributed by atoms with van der Waals surface area (Å²) in [6.07, 6.45) is 1.57. The van der Waals surface area contributed by atoms with Crippen LogP contribution in [-0.2, 0) is 16.2 Å². The molecule has 0 bridgehead atoms. The number of halogens is 2. The van der Waals surface area contributed by atoms with E-state index in [0.717, 1.165) is 27.8 Å². The van der Waals surface area contributed by atoms with Gasteiger partial charge in [-0.3, -0.25) is 19.3 Å². The molecule has 0 saturated carbocycles. The van der Waals surface area contributed by atoms with E-state index >= 15 is 0 Å². The van der Waals surface area contributed by atoms with Gasteiger partial charge in [0.1, 0.15) is 19.0 Å². The Kier molecular flexibility index (Phi) is 8.85. The van der Waals surface area contributed by atoms with Crippen LogP contribution in [0.2, 0.25) is 0 Å². The Hall–Kier alpha value is -3.63. The third-order valence-electron chi connectivity index (χ3n) is 5.40. The Morgan fingerprint density at radius 2 is 1.87 bits per heavy atom. The molecule has 196 valence electrons. The SMILES string of the molecule is CCOc1cc(/C=C2\SC(=O)N(CC(=O)Nc3ccc(F)cc3)C2=O)cc(Br)c1OCc1cccc(C)c1. The molecule has 3 amide bonds. The van der Waals surface area contributed by atoms with Gasteiger partial charge >= 0.3 is 0 Å². The quantitative estimate of drug-likeness (QED) is 0.281.